The molecule has 1 heterocycles. The van der Waals surface area contributed by atoms with Gasteiger partial charge in [0.05, 0.1) is 7.11 Å². The summed E-state index contributed by atoms with van der Waals surface area (Å²) in [7, 11) is 1.53. The van der Waals surface area contributed by atoms with E-state index in [1.165, 1.54) is 25.9 Å². The minimum absolute atomic E-state index is 0.471. The van der Waals surface area contributed by atoms with Gasteiger partial charge in [-0.1, -0.05) is 36.4 Å². The Morgan fingerprint density at radius 1 is 1.00 bits per heavy atom. The van der Waals surface area contributed by atoms with E-state index in [-0.39, 0.29) is 0 Å². The molecule has 0 bridgehead atoms. The predicted molar refractivity (Wildman–Crippen MR) is 106 cm³/mol. The van der Waals surface area contributed by atoms with Crippen molar-refractivity contribution in [3.63, 3.8) is 0 Å². The average Bonchev–Trinajstić information content (AvgIpc) is 2.71. The molecule has 7 nitrogen and oxygen atoms in total. The summed E-state index contributed by atoms with van der Waals surface area (Å²) >= 11 is 0. The van der Waals surface area contributed by atoms with Gasteiger partial charge in [-0.2, -0.15) is 0 Å². The van der Waals surface area contributed by atoms with Crippen LogP contribution in [0.4, 0.5) is 5.69 Å². The standard InChI is InChI=1S/C22H21NO6/c1-15(24)28-20-21(26)23(18-9-11-19(27-3)12-10-18)22(20,29-16(2)25)14-13-17-7-5-4-6-8-17/h4-14,20H,1-3H3/t20-,22-/m1/s1. The molecule has 1 aliphatic rings. The van der Waals surface area contributed by atoms with Crippen LogP contribution in [0.15, 0.2) is 60.7 Å². The van der Waals surface area contributed by atoms with Crippen molar-refractivity contribution < 1.29 is 28.6 Å². The van der Waals surface area contributed by atoms with Gasteiger partial charge in [-0.05, 0) is 35.9 Å². The number of amides is 1. The number of carbonyl (C=O) groups excluding carboxylic acids is 3. The van der Waals surface area contributed by atoms with Crippen molar-refractivity contribution in [3.05, 3.63) is 66.2 Å². The van der Waals surface area contributed by atoms with Crippen LogP contribution >= 0.6 is 0 Å². The second-order valence-corrected chi connectivity index (χ2v) is 6.45. The number of hydrogen-bond donors (Lipinski definition) is 0. The van der Waals surface area contributed by atoms with Crippen molar-refractivity contribution >= 4 is 29.6 Å². The summed E-state index contributed by atoms with van der Waals surface area (Å²) in [6.07, 6.45) is 1.98. The number of carbonyl (C=O) groups is 3. The maximum absolute atomic E-state index is 12.9. The van der Waals surface area contributed by atoms with Crippen molar-refractivity contribution in [1.82, 2.24) is 0 Å². The van der Waals surface area contributed by atoms with Crippen molar-refractivity contribution in [1.29, 1.82) is 0 Å². The molecule has 0 saturated carbocycles. The maximum Gasteiger partial charge on any atom is 0.305 e. The quantitative estimate of drug-likeness (QED) is 0.553. The van der Waals surface area contributed by atoms with Gasteiger partial charge in [0, 0.05) is 19.5 Å². The monoisotopic (exact) mass is 395 g/mol. The van der Waals surface area contributed by atoms with Gasteiger partial charge in [0.25, 0.3) is 11.6 Å². The lowest BCUT2D eigenvalue weighted by molar-refractivity contribution is -0.195. The van der Waals surface area contributed by atoms with E-state index in [2.05, 4.69) is 0 Å². The summed E-state index contributed by atoms with van der Waals surface area (Å²) in [6, 6.07) is 16.0. The van der Waals surface area contributed by atoms with Crippen LogP contribution in [0.2, 0.25) is 0 Å². The Labute approximate surface area is 168 Å². The Morgan fingerprint density at radius 2 is 1.66 bits per heavy atom. The van der Waals surface area contributed by atoms with Crippen molar-refractivity contribution in [2.24, 2.45) is 0 Å². The zero-order valence-electron chi connectivity index (χ0n) is 16.3. The molecule has 0 spiro atoms. The van der Waals surface area contributed by atoms with Crippen molar-refractivity contribution in [3.8, 4) is 5.75 Å². The lowest BCUT2D eigenvalue weighted by Gasteiger charge is -2.52. The molecular formula is C22H21NO6. The molecule has 3 rings (SSSR count). The Hall–Kier alpha value is -3.61. The van der Waals surface area contributed by atoms with Crippen molar-refractivity contribution in [2.75, 3.05) is 12.0 Å². The number of benzene rings is 2. The fourth-order valence-electron chi connectivity index (χ4n) is 3.18. The summed E-state index contributed by atoms with van der Waals surface area (Å²) in [5.74, 6) is -1.16. The van der Waals surface area contributed by atoms with E-state index < -0.39 is 29.7 Å². The van der Waals surface area contributed by atoms with E-state index in [9.17, 15) is 14.4 Å². The lowest BCUT2D eigenvalue weighted by atomic mass is 9.90. The molecule has 29 heavy (non-hydrogen) atoms. The summed E-state index contributed by atoms with van der Waals surface area (Å²) in [5.41, 5.74) is -0.299. The molecule has 2 aromatic carbocycles. The molecule has 0 aromatic heterocycles. The molecule has 2 aromatic rings. The van der Waals surface area contributed by atoms with Crippen LogP contribution in [-0.2, 0) is 23.9 Å². The fourth-order valence-corrected chi connectivity index (χ4v) is 3.18. The molecule has 0 aliphatic carbocycles. The summed E-state index contributed by atoms with van der Waals surface area (Å²) in [5, 5.41) is 0. The first-order valence-electron chi connectivity index (χ1n) is 8.96. The van der Waals surface area contributed by atoms with Crippen LogP contribution in [0.1, 0.15) is 19.4 Å². The minimum atomic E-state index is -1.60. The normalized spacial score (nSPS) is 20.9. The fraction of sp³-hybridized carbons (Fsp3) is 0.227. The zero-order valence-corrected chi connectivity index (χ0v) is 16.3. The van der Waals surface area contributed by atoms with Gasteiger partial charge >= 0.3 is 11.9 Å². The second kappa shape index (κ2) is 8.18. The van der Waals surface area contributed by atoms with Gasteiger partial charge in [-0.25, -0.2) is 0 Å². The van der Waals surface area contributed by atoms with E-state index in [4.69, 9.17) is 14.2 Å². The Morgan fingerprint density at radius 3 is 2.21 bits per heavy atom. The number of β-lactam (4-membered cyclic amide) rings is 1. The van der Waals surface area contributed by atoms with Crippen LogP contribution in [0, 0.1) is 0 Å². The number of nitrogens with zero attached hydrogens (tertiary/aromatic N) is 1. The summed E-state index contributed by atoms with van der Waals surface area (Å²) in [4.78, 5) is 37.7. The highest BCUT2D eigenvalue weighted by Gasteiger charge is 2.65. The third kappa shape index (κ3) is 3.99. The van der Waals surface area contributed by atoms with Crippen LogP contribution in [0.3, 0.4) is 0 Å². The molecule has 1 fully saturated rings. The number of rotatable bonds is 6. The number of esters is 2. The number of anilines is 1. The lowest BCUT2D eigenvalue weighted by Crippen LogP contribution is -2.76. The largest absolute Gasteiger partial charge is 0.497 e. The number of hydrogen-bond acceptors (Lipinski definition) is 6. The maximum atomic E-state index is 12.9. The van der Waals surface area contributed by atoms with E-state index >= 15 is 0 Å². The van der Waals surface area contributed by atoms with Crippen LogP contribution < -0.4 is 9.64 Å². The Kier molecular flexibility index (Phi) is 5.68. The molecule has 2 atom stereocenters. The van der Waals surface area contributed by atoms with Crippen LogP contribution in [-0.4, -0.2) is 36.8 Å². The van der Waals surface area contributed by atoms with Crippen LogP contribution in [0.25, 0.3) is 6.08 Å². The third-order valence-electron chi connectivity index (χ3n) is 4.41. The van der Waals surface area contributed by atoms with Gasteiger partial charge in [0.2, 0.25) is 6.10 Å². The topological polar surface area (TPSA) is 82.1 Å². The van der Waals surface area contributed by atoms with Crippen LogP contribution in [0.5, 0.6) is 5.75 Å². The first-order chi connectivity index (χ1) is 13.9. The molecule has 1 amide bonds. The molecule has 1 saturated heterocycles. The smallest absolute Gasteiger partial charge is 0.305 e. The number of methoxy groups -OCH3 is 1. The first kappa shape index (κ1) is 20.1. The third-order valence-corrected chi connectivity index (χ3v) is 4.41. The summed E-state index contributed by atoms with van der Waals surface area (Å²) < 4.78 is 15.9. The minimum Gasteiger partial charge on any atom is -0.497 e. The summed E-state index contributed by atoms with van der Waals surface area (Å²) in [6.45, 7) is 2.43. The highest BCUT2D eigenvalue weighted by Crippen LogP contribution is 2.42. The van der Waals surface area contributed by atoms with Gasteiger partial charge in [-0.3, -0.25) is 19.3 Å². The molecular weight excluding hydrogens is 374 g/mol. The second-order valence-electron chi connectivity index (χ2n) is 6.45. The zero-order chi connectivity index (χ0) is 21.0. The molecule has 0 unspecified atom stereocenters. The van der Waals surface area contributed by atoms with Gasteiger partial charge < -0.3 is 14.2 Å². The molecule has 1 aliphatic heterocycles. The molecule has 150 valence electrons. The highest BCUT2D eigenvalue weighted by atomic mass is 16.6. The van der Waals surface area contributed by atoms with E-state index in [0.717, 1.165) is 5.56 Å². The van der Waals surface area contributed by atoms with Gasteiger partial charge in [-0.15, -0.1) is 0 Å². The molecule has 7 heteroatoms. The Balaban J connectivity index is 2.07. The van der Waals surface area contributed by atoms with Crippen molar-refractivity contribution in [2.45, 2.75) is 25.7 Å². The Bertz CT molecular complexity index is 938. The van der Waals surface area contributed by atoms with Gasteiger partial charge in [0.1, 0.15) is 5.75 Å². The first-order valence-corrected chi connectivity index (χ1v) is 8.96. The average molecular weight is 395 g/mol. The van der Waals surface area contributed by atoms with E-state index in [1.54, 1.807) is 36.4 Å². The molecule has 0 radical (unpaired) electrons. The number of ether oxygens (including phenoxy) is 3. The van der Waals surface area contributed by atoms with Gasteiger partial charge in [0.15, 0.2) is 0 Å². The SMILES string of the molecule is COc1ccc(N2C(=O)[C@@H](OC(C)=O)[C@@]2(C=Cc2ccccc2)OC(C)=O)cc1. The highest BCUT2D eigenvalue weighted by molar-refractivity contribution is 6.08. The van der Waals surface area contributed by atoms with E-state index in [0.29, 0.717) is 11.4 Å². The predicted octanol–water partition coefficient (Wildman–Crippen LogP) is 2.95. The molecule has 0 N–H and O–H groups in total. The van der Waals surface area contributed by atoms with E-state index in [1.807, 2.05) is 30.3 Å².